The standard InChI is InChI=1S/C78H60N6/c1-51(2)69-49-75(83(61-25-33-71-53(45-61)37-41-79(71)57-17-9-5-10-18-57)62-26-34-72-54(46-62)38-42-80(72)58-19-11-6-12-20-58)67-32-30-66-70(52(3)4)50-76(68-31-29-65(69)77(67)78(66)68)84(63-27-35-73-55(47-63)39-43-81(73)59-21-13-7-14-22-59)64-28-36-74-56(48-64)40-44-82(74)60-23-15-8-16-24-60/h5-52H,1-4H3. The van der Waals surface area contributed by atoms with Crippen LogP contribution < -0.4 is 9.80 Å². The van der Waals surface area contributed by atoms with Gasteiger partial charge in [0.25, 0.3) is 0 Å². The molecule has 0 saturated heterocycles. The largest absolute Gasteiger partial charge is 0.317 e. The minimum atomic E-state index is 0.227. The molecule has 0 amide bonds. The Morgan fingerprint density at radius 1 is 0.262 bits per heavy atom. The molecule has 0 atom stereocenters. The van der Waals surface area contributed by atoms with Crippen molar-refractivity contribution < 1.29 is 0 Å². The van der Waals surface area contributed by atoms with Crippen LogP contribution in [0.1, 0.15) is 50.7 Å². The van der Waals surface area contributed by atoms with Crippen LogP contribution in [0.15, 0.2) is 280 Å². The topological polar surface area (TPSA) is 26.2 Å². The van der Waals surface area contributed by atoms with Gasteiger partial charge < -0.3 is 28.1 Å². The van der Waals surface area contributed by atoms with Gasteiger partial charge >= 0.3 is 0 Å². The van der Waals surface area contributed by atoms with E-state index in [0.29, 0.717) is 0 Å². The highest BCUT2D eigenvalue weighted by molar-refractivity contribution is 6.29. The molecule has 0 aliphatic carbocycles. The van der Waals surface area contributed by atoms with Crippen LogP contribution in [0.2, 0.25) is 0 Å². The maximum Gasteiger partial charge on any atom is 0.0543 e. The van der Waals surface area contributed by atoms with Gasteiger partial charge in [-0.05, 0) is 202 Å². The van der Waals surface area contributed by atoms with E-state index in [1.54, 1.807) is 0 Å². The van der Waals surface area contributed by atoms with Crippen LogP contribution in [0.25, 0.3) is 98.7 Å². The molecule has 0 spiro atoms. The lowest BCUT2D eigenvalue weighted by atomic mass is 9.84. The minimum absolute atomic E-state index is 0.227. The monoisotopic (exact) mass is 1080 g/mol. The molecule has 6 heteroatoms. The number of anilines is 6. The minimum Gasteiger partial charge on any atom is -0.317 e. The summed E-state index contributed by atoms with van der Waals surface area (Å²) in [5.74, 6) is 0.454. The highest BCUT2D eigenvalue weighted by Gasteiger charge is 2.27. The van der Waals surface area contributed by atoms with Gasteiger partial charge in [0, 0.05) is 103 Å². The van der Waals surface area contributed by atoms with Crippen molar-refractivity contribution in [3.8, 4) is 22.7 Å². The fourth-order valence-electron chi connectivity index (χ4n) is 13.5. The highest BCUT2D eigenvalue weighted by Crippen LogP contribution is 2.52. The van der Waals surface area contributed by atoms with Gasteiger partial charge in [-0.25, -0.2) is 0 Å². The van der Waals surface area contributed by atoms with Crippen molar-refractivity contribution in [2.24, 2.45) is 0 Å². The van der Waals surface area contributed by atoms with E-state index in [4.69, 9.17) is 0 Å². The summed E-state index contributed by atoms with van der Waals surface area (Å²) in [6.07, 6.45) is 8.80. The average molecular weight is 1080 g/mol. The number of fused-ring (bicyclic) bond motifs is 4. The Kier molecular flexibility index (Phi) is 11.5. The van der Waals surface area contributed by atoms with Crippen molar-refractivity contribution >= 4 is 110 Å². The van der Waals surface area contributed by atoms with E-state index < -0.39 is 0 Å². The Morgan fingerprint density at radius 2 is 0.524 bits per heavy atom. The van der Waals surface area contributed by atoms with Gasteiger partial charge in [0.2, 0.25) is 0 Å². The number of benzene rings is 12. The third kappa shape index (κ3) is 7.93. The zero-order valence-electron chi connectivity index (χ0n) is 47.4. The van der Waals surface area contributed by atoms with Crippen LogP contribution in [0, 0.1) is 0 Å². The van der Waals surface area contributed by atoms with Crippen molar-refractivity contribution in [2.75, 3.05) is 9.80 Å². The molecule has 0 radical (unpaired) electrons. The molecule has 0 N–H and O–H groups in total. The molecule has 12 aromatic carbocycles. The number of rotatable bonds is 12. The first-order chi connectivity index (χ1) is 41.3. The number of nitrogens with zero attached hydrogens (tertiary/aromatic N) is 6. The highest BCUT2D eigenvalue weighted by atomic mass is 15.2. The second-order valence-corrected chi connectivity index (χ2v) is 23.1. The lowest BCUT2D eigenvalue weighted by Gasteiger charge is -2.32. The number of para-hydroxylation sites is 4. The van der Waals surface area contributed by atoms with Crippen molar-refractivity contribution in [2.45, 2.75) is 39.5 Å². The van der Waals surface area contributed by atoms with E-state index in [1.165, 1.54) is 65.0 Å². The molecule has 16 rings (SSSR count). The van der Waals surface area contributed by atoms with Crippen LogP contribution in [-0.4, -0.2) is 18.3 Å². The third-order valence-electron chi connectivity index (χ3n) is 17.5. The Hall–Kier alpha value is -10.6. The summed E-state index contributed by atoms with van der Waals surface area (Å²) >= 11 is 0. The molecule has 4 aromatic heterocycles. The van der Waals surface area contributed by atoms with E-state index in [-0.39, 0.29) is 11.8 Å². The van der Waals surface area contributed by atoms with E-state index >= 15 is 0 Å². The van der Waals surface area contributed by atoms with Gasteiger partial charge in [0.15, 0.2) is 0 Å². The fraction of sp³-hybridized carbons (Fsp3) is 0.0769. The van der Waals surface area contributed by atoms with Crippen LogP contribution in [0.3, 0.4) is 0 Å². The zero-order chi connectivity index (χ0) is 56.2. The summed E-state index contributed by atoms with van der Waals surface area (Å²) in [4.78, 5) is 5.06. The zero-order valence-corrected chi connectivity index (χ0v) is 47.4. The second-order valence-electron chi connectivity index (χ2n) is 23.1. The Morgan fingerprint density at radius 3 is 0.786 bits per heavy atom. The first-order valence-corrected chi connectivity index (χ1v) is 29.4. The van der Waals surface area contributed by atoms with Crippen molar-refractivity contribution in [3.63, 3.8) is 0 Å². The SMILES string of the molecule is CC(C)c1cc(N(c2ccc3c(ccn3-c3ccccc3)c2)c2ccc3c(ccn3-c3ccccc3)c2)c2ccc3c(C(C)C)cc(N(c4ccc5c(ccn5-c5ccccc5)c4)c4ccc5c(ccn5-c5ccccc5)c4)c4ccc1c2c34. The third-order valence-corrected chi connectivity index (χ3v) is 17.5. The van der Waals surface area contributed by atoms with Crippen molar-refractivity contribution in [3.05, 3.63) is 291 Å². The van der Waals surface area contributed by atoms with E-state index in [1.807, 2.05) is 0 Å². The Labute approximate surface area is 488 Å². The van der Waals surface area contributed by atoms with Crippen LogP contribution >= 0.6 is 0 Å². The molecule has 16 aromatic rings. The fourth-order valence-corrected chi connectivity index (χ4v) is 13.5. The lowest BCUT2D eigenvalue weighted by molar-refractivity contribution is 0.875. The molecule has 0 unspecified atom stereocenters. The molecule has 0 aliphatic rings. The average Bonchev–Trinajstić information content (AvgIpc) is 1.42. The smallest absolute Gasteiger partial charge is 0.0543 e. The molecular formula is C78H60N6. The quantitative estimate of drug-likeness (QED) is 0.114. The van der Waals surface area contributed by atoms with Gasteiger partial charge in [-0.1, -0.05) is 125 Å². The summed E-state index contributed by atoms with van der Waals surface area (Å²) in [6.45, 7) is 9.41. The van der Waals surface area contributed by atoms with Gasteiger partial charge in [-0.3, -0.25) is 0 Å². The van der Waals surface area contributed by atoms with E-state index in [0.717, 1.165) is 78.9 Å². The van der Waals surface area contributed by atoms with E-state index in [9.17, 15) is 0 Å². The summed E-state index contributed by atoms with van der Waals surface area (Å²) in [5.41, 5.74) is 18.6. The molecule has 0 bridgehead atoms. The van der Waals surface area contributed by atoms with Gasteiger partial charge in [-0.15, -0.1) is 0 Å². The Bertz CT molecular complexity index is 4580. The number of aromatic nitrogens is 4. The predicted molar refractivity (Wildman–Crippen MR) is 355 cm³/mol. The molecule has 402 valence electrons. The Balaban J connectivity index is 0.950. The van der Waals surface area contributed by atoms with Gasteiger partial charge in [0.1, 0.15) is 0 Å². The maximum absolute atomic E-state index is 2.53. The van der Waals surface area contributed by atoms with Crippen molar-refractivity contribution in [1.29, 1.82) is 0 Å². The first kappa shape index (κ1) is 49.3. The maximum atomic E-state index is 2.53. The second kappa shape index (κ2) is 19.6. The summed E-state index contributed by atoms with van der Waals surface area (Å²) in [7, 11) is 0. The molecule has 4 heterocycles. The molecule has 0 fully saturated rings. The molecule has 6 nitrogen and oxygen atoms in total. The van der Waals surface area contributed by atoms with Gasteiger partial charge in [-0.2, -0.15) is 0 Å². The summed E-state index contributed by atoms with van der Waals surface area (Å²) in [5, 5.41) is 12.3. The summed E-state index contributed by atoms with van der Waals surface area (Å²) < 4.78 is 9.17. The molecule has 84 heavy (non-hydrogen) atoms. The number of hydrogen-bond donors (Lipinski definition) is 0. The van der Waals surface area contributed by atoms with E-state index in [2.05, 4.69) is 335 Å². The normalized spacial score (nSPS) is 12.0. The van der Waals surface area contributed by atoms with Crippen molar-refractivity contribution in [1.82, 2.24) is 18.3 Å². The molecular weight excluding hydrogens is 1020 g/mol. The van der Waals surface area contributed by atoms with Gasteiger partial charge in [0.05, 0.1) is 33.4 Å². The lowest BCUT2D eigenvalue weighted by Crippen LogP contribution is -2.13. The summed E-state index contributed by atoms with van der Waals surface area (Å²) in [6, 6.07) is 94.3. The molecule has 0 saturated carbocycles. The molecule has 0 aliphatic heterocycles. The van der Waals surface area contributed by atoms with Crippen LogP contribution in [-0.2, 0) is 0 Å². The predicted octanol–water partition coefficient (Wildman–Crippen LogP) is 21.5. The first-order valence-electron chi connectivity index (χ1n) is 29.4. The van der Waals surface area contributed by atoms with Crippen LogP contribution in [0.5, 0.6) is 0 Å². The number of hydrogen-bond acceptors (Lipinski definition) is 2. The van der Waals surface area contributed by atoms with Crippen LogP contribution in [0.4, 0.5) is 34.1 Å².